The van der Waals surface area contributed by atoms with Gasteiger partial charge in [-0.05, 0) is 42.7 Å². The maximum atomic E-state index is 12.4. The molecule has 0 saturated carbocycles. The van der Waals surface area contributed by atoms with Gasteiger partial charge in [0, 0.05) is 11.3 Å². The Kier molecular flexibility index (Phi) is 5.93. The van der Waals surface area contributed by atoms with Crippen LogP contribution >= 0.6 is 0 Å². The summed E-state index contributed by atoms with van der Waals surface area (Å²) in [5, 5.41) is 2.80. The molecule has 0 spiro atoms. The number of rotatable bonds is 6. The van der Waals surface area contributed by atoms with Gasteiger partial charge in [0.15, 0.2) is 0 Å². The highest BCUT2D eigenvalue weighted by Gasteiger charge is 2.47. The molecule has 2 aliphatic rings. The average Bonchev–Trinajstić information content (AvgIpc) is 3.04. The molecule has 1 aliphatic heterocycles. The van der Waals surface area contributed by atoms with Crippen LogP contribution < -0.4 is 5.32 Å². The first-order valence-electron chi connectivity index (χ1n) is 10.1. The molecule has 31 heavy (non-hydrogen) atoms. The first-order chi connectivity index (χ1) is 15.0. The summed E-state index contributed by atoms with van der Waals surface area (Å²) >= 11 is 0. The van der Waals surface area contributed by atoms with Gasteiger partial charge in [-0.3, -0.25) is 24.1 Å². The lowest BCUT2D eigenvalue weighted by Gasteiger charge is -2.14. The van der Waals surface area contributed by atoms with Gasteiger partial charge in [0.1, 0.15) is 13.2 Å². The van der Waals surface area contributed by atoms with Crippen molar-refractivity contribution in [1.82, 2.24) is 4.90 Å². The SMILES string of the molecule is O=C(CN1C(=O)[C@H]2CC=CC[C@@H]2C1=O)OCc1ccc(C(=O)Nc2ccccc2)cc1. The number of benzene rings is 2. The highest BCUT2D eigenvalue weighted by molar-refractivity contribution is 6.07. The number of nitrogens with zero attached hydrogens (tertiary/aromatic N) is 1. The van der Waals surface area contributed by atoms with Gasteiger partial charge in [-0.15, -0.1) is 0 Å². The van der Waals surface area contributed by atoms with Gasteiger partial charge in [0.2, 0.25) is 11.8 Å². The number of carbonyl (C=O) groups is 4. The second kappa shape index (κ2) is 8.95. The maximum Gasteiger partial charge on any atom is 0.326 e. The van der Waals surface area contributed by atoms with E-state index in [2.05, 4.69) is 5.32 Å². The van der Waals surface area contributed by atoms with Crippen LogP contribution in [0.4, 0.5) is 5.69 Å². The van der Waals surface area contributed by atoms with E-state index in [0.717, 1.165) is 4.90 Å². The zero-order valence-electron chi connectivity index (χ0n) is 16.8. The normalized spacial score (nSPS) is 19.8. The summed E-state index contributed by atoms with van der Waals surface area (Å²) < 4.78 is 5.23. The van der Waals surface area contributed by atoms with Gasteiger partial charge in [-0.2, -0.15) is 0 Å². The van der Waals surface area contributed by atoms with Gasteiger partial charge in [-0.1, -0.05) is 42.5 Å². The summed E-state index contributed by atoms with van der Waals surface area (Å²) in [6.07, 6.45) is 4.87. The molecule has 2 aromatic rings. The molecule has 0 radical (unpaired) electrons. The quantitative estimate of drug-likeness (QED) is 0.442. The van der Waals surface area contributed by atoms with Crippen LogP contribution in [0.25, 0.3) is 0 Å². The van der Waals surface area contributed by atoms with Crippen LogP contribution in [-0.2, 0) is 25.7 Å². The molecule has 1 N–H and O–H groups in total. The van der Waals surface area contributed by atoms with E-state index in [4.69, 9.17) is 4.74 Å². The van der Waals surface area contributed by atoms with Crippen LogP contribution in [-0.4, -0.2) is 35.1 Å². The van der Waals surface area contributed by atoms with E-state index >= 15 is 0 Å². The first-order valence-corrected chi connectivity index (χ1v) is 10.1. The number of hydrogen-bond acceptors (Lipinski definition) is 5. The summed E-state index contributed by atoms with van der Waals surface area (Å²) in [6, 6.07) is 15.8. The molecule has 0 bridgehead atoms. The predicted octanol–water partition coefficient (Wildman–Crippen LogP) is 2.93. The number of hydrogen-bond donors (Lipinski definition) is 1. The monoisotopic (exact) mass is 418 g/mol. The third-order valence-electron chi connectivity index (χ3n) is 5.53. The second-order valence-corrected chi connectivity index (χ2v) is 7.60. The van der Waals surface area contributed by atoms with Crippen molar-refractivity contribution >= 4 is 29.4 Å². The molecule has 1 fully saturated rings. The molecule has 1 heterocycles. The summed E-state index contributed by atoms with van der Waals surface area (Å²) in [5.74, 6) is -2.20. The van der Waals surface area contributed by atoms with Crippen LogP contribution in [0, 0.1) is 11.8 Å². The van der Waals surface area contributed by atoms with Gasteiger partial charge < -0.3 is 10.1 Å². The Hall–Kier alpha value is -3.74. The number of para-hydroxylation sites is 1. The van der Waals surface area contributed by atoms with Crippen LogP contribution in [0.15, 0.2) is 66.7 Å². The summed E-state index contributed by atoms with van der Waals surface area (Å²) in [6.45, 7) is -0.383. The Morgan fingerprint density at radius 1 is 0.903 bits per heavy atom. The van der Waals surface area contributed by atoms with Gasteiger partial charge in [-0.25, -0.2) is 0 Å². The van der Waals surface area contributed by atoms with Crippen LogP contribution in [0.3, 0.4) is 0 Å². The molecular weight excluding hydrogens is 396 g/mol. The predicted molar refractivity (Wildman–Crippen MR) is 113 cm³/mol. The largest absolute Gasteiger partial charge is 0.459 e. The van der Waals surface area contributed by atoms with E-state index in [1.54, 1.807) is 36.4 Å². The molecule has 7 heteroatoms. The topological polar surface area (TPSA) is 92.8 Å². The van der Waals surface area contributed by atoms with E-state index < -0.39 is 5.97 Å². The average molecular weight is 418 g/mol. The maximum absolute atomic E-state index is 12.4. The van der Waals surface area contributed by atoms with E-state index in [0.29, 0.717) is 29.7 Å². The van der Waals surface area contributed by atoms with E-state index in [1.165, 1.54) is 0 Å². The lowest BCUT2D eigenvalue weighted by Crippen LogP contribution is -2.36. The second-order valence-electron chi connectivity index (χ2n) is 7.60. The molecule has 1 saturated heterocycles. The molecule has 7 nitrogen and oxygen atoms in total. The Labute approximate surface area is 179 Å². The molecule has 158 valence electrons. The highest BCUT2D eigenvalue weighted by atomic mass is 16.5. The molecular formula is C24H22N2O5. The number of anilines is 1. The fourth-order valence-electron chi connectivity index (χ4n) is 3.84. The van der Waals surface area contributed by atoms with Gasteiger partial charge >= 0.3 is 5.97 Å². The molecule has 1 aliphatic carbocycles. The molecule has 3 amide bonds. The van der Waals surface area contributed by atoms with E-state index in [9.17, 15) is 19.2 Å². The van der Waals surface area contributed by atoms with Crippen molar-refractivity contribution in [1.29, 1.82) is 0 Å². The summed E-state index contributed by atoms with van der Waals surface area (Å²) in [7, 11) is 0. The van der Waals surface area contributed by atoms with Gasteiger partial charge in [0.05, 0.1) is 11.8 Å². The van der Waals surface area contributed by atoms with Crippen LogP contribution in [0.2, 0.25) is 0 Å². The third kappa shape index (κ3) is 4.55. The standard InChI is InChI=1S/C24H22N2O5/c27-21(14-26-23(29)19-8-4-5-9-20(19)24(26)30)31-15-16-10-12-17(13-11-16)22(28)25-18-6-2-1-3-7-18/h1-7,10-13,19-20H,8-9,14-15H2,(H,25,28)/t19-,20-/m0/s1. The highest BCUT2D eigenvalue weighted by Crippen LogP contribution is 2.34. The van der Waals surface area contributed by atoms with Crippen molar-refractivity contribution in [2.24, 2.45) is 11.8 Å². The zero-order chi connectivity index (χ0) is 21.8. The van der Waals surface area contributed by atoms with E-state index in [-0.39, 0.29) is 42.7 Å². The number of imide groups is 1. The fraction of sp³-hybridized carbons (Fsp3) is 0.250. The third-order valence-corrected chi connectivity index (χ3v) is 5.53. The van der Waals surface area contributed by atoms with Gasteiger partial charge in [0.25, 0.3) is 5.91 Å². The smallest absolute Gasteiger partial charge is 0.326 e. The van der Waals surface area contributed by atoms with Crippen molar-refractivity contribution in [3.63, 3.8) is 0 Å². The molecule has 2 atom stereocenters. The Balaban J connectivity index is 1.28. The molecule has 2 aromatic carbocycles. The minimum atomic E-state index is -0.640. The minimum Gasteiger partial charge on any atom is -0.459 e. The fourth-order valence-corrected chi connectivity index (χ4v) is 3.84. The number of ether oxygens (including phenoxy) is 1. The Morgan fingerprint density at radius 3 is 2.13 bits per heavy atom. The number of likely N-dealkylation sites (tertiary alicyclic amines) is 1. The molecule has 4 rings (SSSR count). The Morgan fingerprint density at radius 2 is 1.52 bits per heavy atom. The first kappa shape index (κ1) is 20.5. The number of nitrogens with one attached hydrogen (secondary N) is 1. The minimum absolute atomic E-state index is 0.00987. The van der Waals surface area contributed by atoms with Crippen molar-refractivity contribution in [3.05, 3.63) is 77.9 Å². The number of fused-ring (bicyclic) bond motifs is 1. The summed E-state index contributed by atoms with van der Waals surface area (Å²) in [4.78, 5) is 50.3. The van der Waals surface area contributed by atoms with Crippen LogP contribution in [0.5, 0.6) is 0 Å². The van der Waals surface area contributed by atoms with Crippen LogP contribution in [0.1, 0.15) is 28.8 Å². The lowest BCUT2D eigenvalue weighted by molar-refractivity contribution is -0.153. The molecule has 0 aromatic heterocycles. The van der Waals surface area contributed by atoms with Crippen molar-refractivity contribution < 1.29 is 23.9 Å². The molecule has 0 unspecified atom stereocenters. The number of esters is 1. The number of amides is 3. The number of allylic oxidation sites excluding steroid dienone is 2. The van der Waals surface area contributed by atoms with Crippen molar-refractivity contribution in [2.75, 3.05) is 11.9 Å². The van der Waals surface area contributed by atoms with Crippen molar-refractivity contribution in [3.8, 4) is 0 Å². The summed E-state index contributed by atoms with van der Waals surface area (Å²) in [5.41, 5.74) is 1.87. The Bertz CT molecular complexity index is 1000. The van der Waals surface area contributed by atoms with Crippen molar-refractivity contribution in [2.45, 2.75) is 19.4 Å². The lowest BCUT2D eigenvalue weighted by atomic mass is 9.85. The van der Waals surface area contributed by atoms with E-state index in [1.807, 2.05) is 30.4 Å². The zero-order valence-corrected chi connectivity index (χ0v) is 16.8. The number of carbonyl (C=O) groups excluding carboxylic acids is 4.